The number of hydrogen-bond donors (Lipinski definition) is 1. The van der Waals surface area contributed by atoms with Crippen LogP contribution < -0.4 is 10.1 Å². The highest BCUT2D eigenvalue weighted by Gasteiger charge is 2.27. The number of aromatic nitrogens is 1. The number of carbonyl (C=O) groups is 1. The van der Waals surface area contributed by atoms with Crippen molar-refractivity contribution in [3.63, 3.8) is 0 Å². The standard InChI is InChI=1S/C32H35FN2O4S/c1-20-22(18-34-25-10-11-27-23(15-31(36)38-3)19-39-30(27)17-25)7-5-8-26(20)32-21(2)35(13-6-14-40(4)37)29-12-9-24(33)16-28(29)32/h5,7-12,16-17,23,34H,6,13-15,18-19H2,1-4H3. The van der Waals surface area contributed by atoms with Gasteiger partial charge in [-0.25, -0.2) is 4.39 Å². The first-order chi connectivity index (χ1) is 19.3. The van der Waals surface area contributed by atoms with Gasteiger partial charge in [-0.15, -0.1) is 0 Å². The molecule has 6 nitrogen and oxygen atoms in total. The number of ether oxygens (including phenoxy) is 2. The third-order valence-electron chi connectivity index (χ3n) is 7.83. The third kappa shape index (κ3) is 5.63. The predicted molar refractivity (Wildman–Crippen MR) is 159 cm³/mol. The highest BCUT2D eigenvalue weighted by molar-refractivity contribution is 7.84. The Kier molecular flexibility index (Phi) is 8.26. The lowest BCUT2D eigenvalue weighted by atomic mass is 9.94. The molecule has 0 amide bonds. The van der Waals surface area contributed by atoms with Crippen molar-refractivity contribution >= 4 is 33.4 Å². The molecule has 0 saturated heterocycles. The molecule has 0 radical (unpaired) electrons. The van der Waals surface area contributed by atoms with E-state index in [4.69, 9.17) is 9.47 Å². The quantitative estimate of drug-likeness (QED) is 0.224. The van der Waals surface area contributed by atoms with Crippen LogP contribution in [0.1, 0.15) is 41.1 Å². The SMILES string of the molecule is COC(=O)CC1COc2cc(NCc3cccc(-c4c(C)n(CCCS(C)=O)c5ccc(F)cc45)c3C)ccc21. The number of carbonyl (C=O) groups excluding carboxylic acids is 1. The Morgan fingerprint density at radius 2 is 2.00 bits per heavy atom. The summed E-state index contributed by atoms with van der Waals surface area (Å²) in [7, 11) is 0.552. The van der Waals surface area contributed by atoms with Gasteiger partial charge in [0.2, 0.25) is 0 Å². The molecule has 210 valence electrons. The first kappa shape index (κ1) is 27.9. The summed E-state index contributed by atoms with van der Waals surface area (Å²) in [5, 5.41) is 4.41. The summed E-state index contributed by atoms with van der Waals surface area (Å²) in [5.41, 5.74) is 8.41. The highest BCUT2D eigenvalue weighted by atomic mass is 32.2. The molecular formula is C32H35FN2O4S. The average molecular weight is 563 g/mol. The van der Waals surface area contributed by atoms with Gasteiger partial charge < -0.3 is 19.4 Å². The van der Waals surface area contributed by atoms with Gasteiger partial charge in [0.25, 0.3) is 0 Å². The Hall–Kier alpha value is -3.65. The minimum absolute atomic E-state index is 0.00903. The molecule has 2 heterocycles. The van der Waals surface area contributed by atoms with Crippen LogP contribution in [0.3, 0.4) is 0 Å². The number of esters is 1. The molecule has 3 aromatic carbocycles. The molecule has 8 heteroatoms. The van der Waals surface area contributed by atoms with E-state index in [0.29, 0.717) is 25.3 Å². The van der Waals surface area contributed by atoms with Crippen LogP contribution in [0.4, 0.5) is 10.1 Å². The second-order valence-corrected chi connectivity index (χ2v) is 11.9. The third-order valence-corrected chi connectivity index (χ3v) is 8.69. The number of benzene rings is 3. The Balaban J connectivity index is 1.41. The number of hydrogen-bond acceptors (Lipinski definition) is 5. The van der Waals surface area contributed by atoms with E-state index in [0.717, 1.165) is 68.8 Å². The fraction of sp³-hybridized carbons (Fsp3) is 0.344. The Morgan fingerprint density at radius 1 is 1.18 bits per heavy atom. The lowest BCUT2D eigenvalue weighted by Gasteiger charge is -2.15. The summed E-state index contributed by atoms with van der Waals surface area (Å²) in [6.07, 6.45) is 2.82. The van der Waals surface area contributed by atoms with Crippen molar-refractivity contribution in [3.05, 3.63) is 82.8 Å². The minimum Gasteiger partial charge on any atom is -0.493 e. The number of methoxy groups -OCH3 is 1. The number of halogens is 1. The van der Waals surface area contributed by atoms with Gasteiger partial charge in [0.1, 0.15) is 11.6 Å². The molecule has 1 aliphatic rings. The first-order valence-corrected chi connectivity index (χ1v) is 15.2. The topological polar surface area (TPSA) is 69.6 Å². The van der Waals surface area contributed by atoms with Gasteiger partial charge in [-0.2, -0.15) is 0 Å². The Labute approximate surface area is 236 Å². The van der Waals surface area contributed by atoms with Crippen molar-refractivity contribution in [2.45, 2.75) is 45.7 Å². The van der Waals surface area contributed by atoms with Crippen LogP contribution in [0.15, 0.2) is 54.6 Å². The summed E-state index contributed by atoms with van der Waals surface area (Å²) in [5.74, 6) is 0.938. The Bertz CT molecular complexity index is 1600. The summed E-state index contributed by atoms with van der Waals surface area (Å²) < 4.78 is 39.0. The van der Waals surface area contributed by atoms with Gasteiger partial charge in [-0.3, -0.25) is 9.00 Å². The second kappa shape index (κ2) is 11.8. The minimum atomic E-state index is -0.849. The van der Waals surface area contributed by atoms with Crippen LogP contribution in [0.5, 0.6) is 5.75 Å². The molecule has 1 aromatic heterocycles. The van der Waals surface area contributed by atoms with E-state index in [2.05, 4.69) is 35.9 Å². The smallest absolute Gasteiger partial charge is 0.306 e. The molecule has 2 atom stereocenters. The molecule has 0 aliphatic carbocycles. The molecule has 2 unspecified atom stereocenters. The monoisotopic (exact) mass is 562 g/mol. The zero-order valence-corrected chi connectivity index (χ0v) is 24.2. The van der Waals surface area contributed by atoms with Crippen molar-refractivity contribution < 1.29 is 22.9 Å². The van der Waals surface area contributed by atoms with Gasteiger partial charge in [-0.05, 0) is 61.2 Å². The van der Waals surface area contributed by atoms with E-state index >= 15 is 0 Å². The van der Waals surface area contributed by atoms with Crippen LogP contribution in [0.25, 0.3) is 22.0 Å². The van der Waals surface area contributed by atoms with Crippen molar-refractivity contribution in [1.29, 1.82) is 0 Å². The lowest BCUT2D eigenvalue weighted by molar-refractivity contribution is -0.141. The number of fused-ring (bicyclic) bond motifs is 2. The lowest BCUT2D eigenvalue weighted by Crippen LogP contribution is -2.09. The van der Waals surface area contributed by atoms with Crippen molar-refractivity contribution in [1.82, 2.24) is 4.57 Å². The normalized spacial score (nSPS) is 15.1. The van der Waals surface area contributed by atoms with E-state index < -0.39 is 10.8 Å². The summed E-state index contributed by atoms with van der Waals surface area (Å²) in [6.45, 7) is 6.00. The van der Waals surface area contributed by atoms with Crippen LogP contribution >= 0.6 is 0 Å². The highest BCUT2D eigenvalue weighted by Crippen LogP contribution is 2.39. The van der Waals surface area contributed by atoms with Crippen LogP contribution in [-0.4, -0.2) is 40.5 Å². The van der Waals surface area contributed by atoms with Crippen molar-refractivity contribution in [3.8, 4) is 16.9 Å². The number of rotatable bonds is 10. The molecule has 0 bridgehead atoms. The summed E-state index contributed by atoms with van der Waals surface area (Å²) in [6, 6.07) is 17.2. The van der Waals surface area contributed by atoms with Gasteiger partial charge >= 0.3 is 5.97 Å². The fourth-order valence-electron chi connectivity index (χ4n) is 5.69. The van der Waals surface area contributed by atoms with Gasteiger partial charge in [0.15, 0.2) is 0 Å². The van der Waals surface area contributed by atoms with Gasteiger partial charge in [0, 0.05) is 81.3 Å². The van der Waals surface area contributed by atoms with E-state index in [1.54, 1.807) is 12.3 Å². The number of nitrogens with zero attached hydrogens (tertiary/aromatic N) is 1. The molecule has 40 heavy (non-hydrogen) atoms. The van der Waals surface area contributed by atoms with Crippen LogP contribution in [0, 0.1) is 19.7 Å². The number of aryl methyl sites for hydroxylation is 1. The number of anilines is 1. The molecule has 4 aromatic rings. The molecule has 5 rings (SSSR count). The molecule has 1 aliphatic heterocycles. The van der Waals surface area contributed by atoms with E-state index in [1.807, 2.05) is 30.3 Å². The molecule has 1 N–H and O–H groups in total. The molecule has 0 saturated carbocycles. The van der Waals surface area contributed by atoms with E-state index in [-0.39, 0.29) is 17.7 Å². The number of nitrogens with one attached hydrogen (secondary N) is 1. The van der Waals surface area contributed by atoms with E-state index in [1.165, 1.54) is 13.2 Å². The van der Waals surface area contributed by atoms with Crippen LogP contribution in [-0.2, 0) is 33.4 Å². The molecule has 0 spiro atoms. The largest absolute Gasteiger partial charge is 0.493 e. The van der Waals surface area contributed by atoms with E-state index in [9.17, 15) is 13.4 Å². The maximum atomic E-state index is 14.4. The summed E-state index contributed by atoms with van der Waals surface area (Å²) in [4.78, 5) is 11.7. The fourth-order valence-corrected chi connectivity index (χ4v) is 6.23. The molecular weight excluding hydrogens is 527 g/mol. The second-order valence-electron chi connectivity index (χ2n) is 10.4. The first-order valence-electron chi connectivity index (χ1n) is 13.5. The van der Waals surface area contributed by atoms with Crippen LogP contribution in [0.2, 0.25) is 0 Å². The predicted octanol–water partition coefficient (Wildman–Crippen LogP) is 6.48. The summed E-state index contributed by atoms with van der Waals surface area (Å²) >= 11 is 0. The average Bonchev–Trinajstić information content (AvgIpc) is 3.45. The van der Waals surface area contributed by atoms with Gasteiger partial charge in [-0.1, -0.05) is 24.3 Å². The maximum Gasteiger partial charge on any atom is 0.306 e. The van der Waals surface area contributed by atoms with Gasteiger partial charge in [0.05, 0.1) is 20.1 Å². The maximum absolute atomic E-state index is 14.4. The zero-order chi connectivity index (χ0) is 28.4. The Morgan fingerprint density at radius 3 is 2.77 bits per heavy atom. The van der Waals surface area contributed by atoms with Crippen molar-refractivity contribution in [2.24, 2.45) is 0 Å². The zero-order valence-electron chi connectivity index (χ0n) is 23.4. The van der Waals surface area contributed by atoms with Crippen molar-refractivity contribution in [2.75, 3.05) is 31.0 Å². The molecule has 0 fully saturated rings.